The van der Waals surface area contributed by atoms with Crippen LogP contribution in [0.4, 0.5) is 0 Å². The minimum atomic E-state index is -1.07. The zero-order chi connectivity index (χ0) is 15.8. The Morgan fingerprint density at radius 3 is 2.67 bits per heavy atom. The third-order valence-electron chi connectivity index (χ3n) is 3.60. The van der Waals surface area contributed by atoms with E-state index in [-0.39, 0.29) is 23.3 Å². The Kier molecular flexibility index (Phi) is 7.56. The van der Waals surface area contributed by atoms with Gasteiger partial charge in [-0.2, -0.15) is 0 Å². The standard InChI is InChI=1S/C14H24N2O4S/c1-3-11-6-4-5-7-16(11)13(18)9-21-8-12(14(19)20)15-10(2)17/h11-12H,3-9H2,1-2H3,(H,15,17)(H,19,20)/t11?,12-/m0/s1. The molecule has 7 heteroatoms. The number of nitrogens with zero attached hydrogens (tertiary/aromatic N) is 1. The number of amides is 2. The molecule has 1 fully saturated rings. The Balaban J connectivity index is 2.40. The van der Waals surface area contributed by atoms with Crippen molar-refractivity contribution >= 4 is 29.5 Å². The SMILES string of the molecule is CCC1CCCCN1C(=O)CSC[C@H](NC(C)=O)C(=O)O. The van der Waals surface area contributed by atoms with Crippen LogP contribution in [0, 0.1) is 0 Å². The molecular formula is C14H24N2O4S. The average molecular weight is 316 g/mol. The molecule has 6 nitrogen and oxygen atoms in total. The normalized spacial score (nSPS) is 19.9. The van der Waals surface area contributed by atoms with Gasteiger partial charge < -0.3 is 15.3 Å². The van der Waals surface area contributed by atoms with Crippen molar-refractivity contribution < 1.29 is 19.5 Å². The Morgan fingerprint density at radius 1 is 1.38 bits per heavy atom. The molecule has 0 aromatic carbocycles. The highest BCUT2D eigenvalue weighted by Gasteiger charge is 2.25. The number of carboxylic acid groups (broad SMARTS) is 1. The first-order chi connectivity index (χ1) is 9.95. The number of carbonyl (C=O) groups is 3. The van der Waals surface area contributed by atoms with Crippen molar-refractivity contribution in [2.24, 2.45) is 0 Å². The van der Waals surface area contributed by atoms with Crippen LogP contribution >= 0.6 is 11.8 Å². The van der Waals surface area contributed by atoms with E-state index in [9.17, 15) is 14.4 Å². The molecule has 1 heterocycles. The van der Waals surface area contributed by atoms with Gasteiger partial charge in [-0.3, -0.25) is 9.59 Å². The van der Waals surface area contributed by atoms with Gasteiger partial charge in [-0.15, -0.1) is 11.8 Å². The molecule has 21 heavy (non-hydrogen) atoms. The van der Waals surface area contributed by atoms with E-state index in [0.29, 0.717) is 6.04 Å². The van der Waals surface area contributed by atoms with Gasteiger partial charge in [0.15, 0.2) is 0 Å². The fraction of sp³-hybridized carbons (Fsp3) is 0.786. The second-order valence-corrected chi connectivity index (χ2v) is 6.28. The van der Waals surface area contributed by atoms with Crippen LogP contribution in [0.5, 0.6) is 0 Å². The molecule has 0 aromatic heterocycles. The molecule has 0 saturated carbocycles. The van der Waals surface area contributed by atoms with Gasteiger partial charge in [-0.1, -0.05) is 6.92 Å². The Bertz CT molecular complexity index is 389. The van der Waals surface area contributed by atoms with E-state index < -0.39 is 12.0 Å². The van der Waals surface area contributed by atoms with Crippen LogP contribution in [0.15, 0.2) is 0 Å². The number of likely N-dealkylation sites (tertiary alicyclic amines) is 1. The third kappa shape index (κ3) is 5.95. The van der Waals surface area contributed by atoms with E-state index >= 15 is 0 Å². The van der Waals surface area contributed by atoms with Crippen LogP contribution in [0.2, 0.25) is 0 Å². The highest BCUT2D eigenvalue weighted by atomic mass is 32.2. The van der Waals surface area contributed by atoms with E-state index in [1.807, 2.05) is 4.90 Å². The van der Waals surface area contributed by atoms with Gasteiger partial charge in [-0.25, -0.2) is 4.79 Å². The molecule has 0 bridgehead atoms. The first-order valence-corrected chi connectivity index (χ1v) is 8.48. The first kappa shape index (κ1) is 17.8. The lowest BCUT2D eigenvalue weighted by molar-refractivity contribution is -0.140. The number of nitrogens with one attached hydrogen (secondary N) is 1. The third-order valence-corrected chi connectivity index (χ3v) is 4.62. The maximum absolute atomic E-state index is 12.2. The Hall–Kier alpha value is -1.24. The van der Waals surface area contributed by atoms with Gasteiger partial charge in [0.2, 0.25) is 11.8 Å². The van der Waals surface area contributed by atoms with Crippen molar-refractivity contribution in [1.82, 2.24) is 10.2 Å². The topological polar surface area (TPSA) is 86.7 Å². The first-order valence-electron chi connectivity index (χ1n) is 7.32. The fourth-order valence-corrected chi connectivity index (χ4v) is 3.44. The van der Waals surface area contributed by atoms with Gasteiger partial charge in [0.25, 0.3) is 0 Å². The smallest absolute Gasteiger partial charge is 0.327 e. The molecule has 120 valence electrons. The van der Waals surface area contributed by atoms with E-state index in [0.717, 1.165) is 25.8 Å². The van der Waals surface area contributed by atoms with Crippen LogP contribution in [0.1, 0.15) is 39.5 Å². The molecule has 1 saturated heterocycles. The van der Waals surface area contributed by atoms with E-state index in [4.69, 9.17) is 5.11 Å². The van der Waals surface area contributed by atoms with Crippen molar-refractivity contribution in [3.05, 3.63) is 0 Å². The van der Waals surface area contributed by atoms with Crippen molar-refractivity contribution in [1.29, 1.82) is 0 Å². The monoisotopic (exact) mass is 316 g/mol. The molecule has 1 rings (SSSR count). The minimum absolute atomic E-state index is 0.0681. The summed E-state index contributed by atoms with van der Waals surface area (Å²) in [6, 6.07) is -0.624. The summed E-state index contributed by atoms with van der Waals surface area (Å²) in [4.78, 5) is 36.0. The van der Waals surface area contributed by atoms with E-state index in [1.54, 1.807) is 0 Å². The molecule has 2 amide bonds. The number of hydrogen-bond acceptors (Lipinski definition) is 4. The predicted molar refractivity (Wildman–Crippen MR) is 82.2 cm³/mol. The van der Waals surface area contributed by atoms with Crippen molar-refractivity contribution in [2.75, 3.05) is 18.1 Å². The lowest BCUT2D eigenvalue weighted by Crippen LogP contribution is -2.45. The summed E-state index contributed by atoms with van der Waals surface area (Å²) < 4.78 is 0. The number of aliphatic carboxylic acids is 1. The molecule has 2 N–H and O–H groups in total. The molecule has 1 aliphatic heterocycles. The van der Waals surface area contributed by atoms with Crippen LogP contribution in [-0.2, 0) is 14.4 Å². The Morgan fingerprint density at radius 2 is 2.10 bits per heavy atom. The van der Waals surface area contributed by atoms with Gasteiger partial charge in [-0.05, 0) is 25.7 Å². The second-order valence-electron chi connectivity index (χ2n) is 5.25. The molecule has 0 aromatic rings. The zero-order valence-corrected chi connectivity index (χ0v) is 13.4. The molecule has 2 atom stereocenters. The predicted octanol–water partition coefficient (Wildman–Crippen LogP) is 1.10. The van der Waals surface area contributed by atoms with E-state index in [1.165, 1.54) is 25.1 Å². The van der Waals surface area contributed by atoms with Gasteiger partial charge in [0.05, 0.1) is 5.75 Å². The zero-order valence-electron chi connectivity index (χ0n) is 12.6. The number of thioether (sulfide) groups is 1. The van der Waals surface area contributed by atoms with Crippen LogP contribution < -0.4 is 5.32 Å². The number of piperidine rings is 1. The van der Waals surface area contributed by atoms with Gasteiger partial charge >= 0.3 is 5.97 Å². The maximum atomic E-state index is 12.2. The fourth-order valence-electron chi connectivity index (χ4n) is 2.52. The second kappa shape index (κ2) is 8.92. The molecular weight excluding hydrogens is 292 g/mol. The number of rotatable bonds is 7. The summed E-state index contributed by atoms with van der Waals surface area (Å²) in [5.41, 5.74) is 0. The summed E-state index contributed by atoms with van der Waals surface area (Å²) >= 11 is 1.26. The highest BCUT2D eigenvalue weighted by Crippen LogP contribution is 2.20. The maximum Gasteiger partial charge on any atom is 0.327 e. The van der Waals surface area contributed by atoms with Crippen molar-refractivity contribution in [3.8, 4) is 0 Å². The summed E-state index contributed by atoms with van der Waals surface area (Å²) in [7, 11) is 0. The summed E-state index contributed by atoms with van der Waals surface area (Å²) in [5.74, 6) is -0.921. The van der Waals surface area contributed by atoms with Crippen LogP contribution in [-0.4, -0.2) is 57.9 Å². The number of carboxylic acids is 1. The van der Waals surface area contributed by atoms with E-state index in [2.05, 4.69) is 12.2 Å². The van der Waals surface area contributed by atoms with Gasteiger partial charge in [0, 0.05) is 25.3 Å². The van der Waals surface area contributed by atoms with Crippen LogP contribution in [0.3, 0.4) is 0 Å². The van der Waals surface area contributed by atoms with Crippen molar-refractivity contribution in [3.63, 3.8) is 0 Å². The van der Waals surface area contributed by atoms with Gasteiger partial charge in [0.1, 0.15) is 6.04 Å². The highest BCUT2D eigenvalue weighted by molar-refractivity contribution is 8.00. The quantitative estimate of drug-likeness (QED) is 0.734. The molecule has 0 spiro atoms. The lowest BCUT2D eigenvalue weighted by Gasteiger charge is -2.35. The molecule has 1 aliphatic rings. The average Bonchev–Trinajstić information content (AvgIpc) is 2.45. The minimum Gasteiger partial charge on any atom is -0.480 e. The summed E-state index contributed by atoms with van der Waals surface area (Å²) in [6.45, 7) is 4.16. The summed E-state index contributed by atoms with van der Waals surface area (Å²) in [6.07, 6.45) is 4.21. The molecule has 1 unspecified atom stereocenters. The Labute approximate surface area is 129 Å². The lowest BCUT2D eigenvalue weighted by atomic mass is 10.0. The summed E-state index contributed by atoms with van der Waals surface area (Å²) in [5, 5.41) is 11.4. The van der Waals surface area contributed by atoms with Crippen molar-refractivity contribution in [2.45, 2.75) is 51.6 Å². The number of carbonyl (C=O) groups excluding carboxylic acids is 2. The molecule has 0 radical (unpaired) electrons. The van der Waals surface area contributed by atoms with Crippen LogP contribution in [0.25, 0.3) is 0 Å². The largest absolute Gasteiger partial charge is 0.480 e. The number of hydrogen-bond donors (Lipinski definition) is 2. The molecule has 0 aliphatic carbocycles.